The minimum Gasteiger partial charge on any atom is -0.324 e. The molecule has 1 nitrogen and oxygen atoms in total. The average molecular weight is 234 g/mol. The van der Waals surface area contributed by atoms with Crippen LogP contribution >= 0.6 is 12.4 Å². The van der Waals surface area contributed by atoms with Gasteiger partial charge in [0.05, 0.1) is 0 Å². The van der Waals surface area contributed by atoms with Crippen LogP contribution in [0, 0.1) is 24.5 Å². The van der Waals surface area contributed by atoms with E-state index < -0.39 is 0 Å². The summed E-state index contributed by atoms with van der Waals surface area (Å²) in [4.78, 5) is 0. The fourth-order valence-electron chi connectivity index (χ4n) is 1.63. The topological polar surface area (TPSA) is 26.0 Å². The van der Waals surface area contributed by atoms with Gasteiger partial charge in [-0.1, -0.05) is 0 Å². The number of aryl methyl sites for hydroxylation is 1. The summed E-state index contributed by atoms with van der Waals surface area (Å²) in [7, 11) is 0. The van der Waals surface area contributed by atoms with Gasteiger partial charge in [0, 0.05) is 11.6 Å². The lowest BCUT2D eigenvalue weighted by molar-refractivity contribution is 0.536. The molecule has 0 aliphatic heterocycles. The first-order valence-electron chi connectivity index (χ1n) is 4.80. The van der Waals surface area contributed by atoms with Gasteiger partial charge in [0.1, 0.15) is 11.6 Å². The second-order valence-corrected chi connectivity index (χ2v) is 3.99. The van der Waals surface area contributed by atoms with E-state index in [2.05, 4.69) is 0 Å². The van der Waals surface area contributed by atoms with Crippen molar-refractivity contribution in [2.75, 3.05) is 0 Å². The van der Waals surface area contributed by atoms with E-state index in [1.807, 2.05) is 0 Å². The minimum absolute atomic E-state index is 0. The molecule has 1 aliphatic carbocycles. The normalized spacial score (nSPS) is 17.1. The van der Waals surface area contributed by atoms with E-state index in [1.165, 1.54) is 12.1 Å². The standard InChI is InChI=1S/C11H13F2N.ClH/c1-6-4-10(13)8(5-9(6)12)11(14)7-2-3-7;/h4-5,7,11H,2-3,14H2,1H3;1H/t11-;/m1./s1. The van der Waals surface area contributed by atoms with Crippen LogP contribution in [0.25, 0.3) is 0 Å². The molecule has 1 aromatic carbocycles. The van der Waals surface area contributed by atoms with Crippen molar-refractivity contribution in [2.24, 2.45) is 11.7 Å². The number of hydrogen-bond donors (Lipinski definition) is 1. The second kappa shape index (κ2) is 4.45. The zero-order chi connectivity index (χ0) is 10.3. The van der Waals surface area contributed by atoms with Crippen LogP contribution in [-0.2, 0) is 0 Å². The van der Waals surface area contributed by atoms with Gasteiger partial charge in [-0.05, 0) is 43.4 Å². The molecule has 0 heterocycles. The van der Waals surface area contributed by atoms with Crippen LogP contribution in [0.5, 0.6) is 0 Å². The molecule has 15 heavy (non-hydrogen) atoms. The Labute approximate surface area is 94.1 Å². The van der Waals surface area contributed by atoms with Crippen molar-refractivity contribution in [1.82, 2.24) is 0 Å². The molecular weight excluding hydrogens is 220 g/mol. The molecule has 4 heteroatoms. The van der Waals surface area contributed by atoms with Gasteiger partial charge in [0.2, 0.25) is 0 Å². The minimum atomic E-state index is -0.386. The monoisotopic (exact) mass is 233 g/mol. The van der Waals surface area contributed by atoms with Gasteiger partial charge in [-0.2, -0.15) is 0 Å². The van der Waals surface area contributed by atoms with Gasteiger partial charge in [-0.25, -0.2) is 8.78 Å². The van der Waals surface area contributed by atoms with Crippen molar-refractivity contribution < 1.29 is 8.78 Å². The molecule has 84 valence electrons. The highest BCUT2D eigenvalue weighted by Gasteiger charge is 2.31. The van der Waals surface area contributed by atoms with Crippen LogP contribution in [0.3, 0.4) is 0 Å². The molecule has 2 N–H and O–H groups in total. The zero-order valence-electron chi connectivity index (χ0n) is 8.47. The first kappa shape index (κ1) is 12.4. The first-order chi connectivity index (χ1) is 6.59. The summed E-state index contributed by atoms with van der Waals surface area (Å²) in [6.07, 6.45) is 2.05. The van der Waals surface area contributed by atoms with Crippen LogP contribution in [0.4, 0.5) is 8.78 Å². The molecule has 0 saturated heterocycles. The van der Waals surface area contributed by atoms with Crippen molar-refractivity contribution in [3.8, 4) is 0 Å². The van der Waals surface area contributed by atoms with E-state index in [4.69, 9.17) is 5.73 Å². The maximum Gasteiger partial charge on any atom is 0.128 e. The molecule has 0 aromatic heterocycles. The number of hydrogen-bond acceptors (Lipinski definition) is 1. The van der Waals surface area contributed by atoms with Gasteiger partial charge >= 0.3 is 0 Å². The highest BCUT2D eigenvalue weighted by molar-refractivity contribution is 5.85. The third-order valence-corrected chi connectivity index (χ3v) is 2.77. The number of rotatable bonds is 2. The number of nitrogens with two attached hydrogens (primary N) is 1. The van der Waals surface area contributed by atoms with Crippen LogP contribution in [0.1, 0.15) is 30.0 Å². The third-order valence-electron chi connectivity index (χ3n) is 2.77. The fraction of sp³-hybridized carbons (Fsp3) is 0.455. The zero-order valence-corrected chi connectivity index (χ0v) is 9.28. The summed E-state index contributed by atoms with van der Waals surface area (Å²) >= 11 is 0. The molecule has 0 spiro atoms. The van der Waals surface area contributed by atoms with Crippen molar-refractivity contribution in [2.45, 2.75) is 25.8 Å². The van der Waals surface area contributed by atoms with Crippen molar-refractivity contribution >= 4 is 12.4 Å². The summed E-state index contributed by atoms with van der Waals surface area (Å²) in [5, 5.41) is 0. The van der Waals surface area contributed by atoms with E-state index >= 15 is 0 Å². The predicted molar refractivity (Wildman–Crippen MR) is 58.0 cm³/mol. The molecule has 1 saturated carbocycles. The average Bonchev–Trinajstić information content (AvgIpc) is 2.93. The summed E-state index contributed by atoms with van der Waals surface area (Å²) in [6.45, 7) is 1.55. The summed E-state index contributed by atoms with van der Waals surface area (Å²) in [5.41, 5.74) is 6.46. The Balaban J connectivity index is 0.00000112. The van der Waals surface area contributed by atoms with Gasteiger partial charge in [0.25, 0.3) is 0 Å². The second-order valence-electron chi connectivity index (χ2n) is 3.99. The Bertz CT molecular complexity index is 364. The third kappa shape index (κ3) is 2.47. The summed E-state index contributed by atoms with van der Waals surface area (Å²) < 4.78 is 26.6. The summed E-state index contributed by atoms with van der Waals surface area (Å²) in [5.74, 6) is -0.424. The lowest BCUT2D eigenvalue weighted by Gasteiger charge is -2.12. The van der Waals surface area contributed by atoms with Crippen LogP contribution < -0.4 is 5.73 Å². The molecular formula is C11H14ClF2N. The molecule has 2 rings (SSSR count). The molecule has 0 bridgehead atoms. The van der Waals surface area contributed by atoms with Gasteiger partial charge in [-0.15, -0.1) is 12.4 Å². The van der Waals surface area contributed by atoms with Crippen molar-refractivity contribution in [3.63, 3.8) is 0 Å². The van der Waals surface area contributed by atoms with Crippen LogP contribution in [0.15, 0.2) is 12.1 Å². The lowest BCUT2D eigenvalue weighted by Crippen LogP contribution is -2.14. The number of benzene rings is 1. The smallest absolute Gasteiger partial charge is 0.128 e. The highest BCUT2D eigenvalue weighted by Crippen LogP contribution is 2.40. The van der Waals surface area contributed by atoms with Crippen LogP contribution in [0.2, 0.25) is 0 Å². The molecule has 1 aromatic rings. The fourth-order valence-corrected chi connectivity index (χ4v) is 1.63. The summed E-state index contributed by atoms with van der Waals surface area (Å²) in [6, 6.07) is 2.10. The van der Waals surface area contributed by atoms with E-state index in [-0.39, 0.29) is 30.1 Å². The largest absolute Gasteiger partial charge is 0.324 e. The number of halogens is 3. The van der Waals surface area contributed by atoms with Crippen molar-refractivity contribution in [3.05, 3.63) is 34.9 Å². The predicted octanol–water partition coefficient (Wildman–Crippen LogP) is 3.10. The Hall–Kier alpha value is -0.670. The van der Waals surface area contributed by atoms with Gasteiger partial charge in [0.15, 0.2) is 0 Å². The van der Waals surface area contributed by atoms with E-state index in [0.717, 1.165) is 12.8 Å². The molecule has 0 unspecified atom stereocenters. The molecule has 1 atom stereocenters. The maximum atomic E-state index is 13.4. The highest BCUT2D eigenvalue weighted by atomic mass is 35.5. The van der Waals surface area contributed by atoms with E-state index in [0.29, 0.717) is 17.0 Å². The first-order valence-corrected chi connectivity index (χ1v) is 4.80. The Kier molecular flexibility index (Phi) is 3.68. The molecule has 0 amide bonds. The van der Waals surface area contributed by atoms with Crippen LogP contribution in [-0.4, -0.2) is 0 Å². The van der Waals surface area contributed by atoms with E-state index in [1.54, 1.807) is 6.92 Å². The Morgan fingerprint density at radius 3 is 2.40 bits per heavy atom. The van der Waals surface area contributed by atoms with Gasteiger partial charge in [-0.3, -0.25) is 0 Å². The quantitative estimate of drug-likeness (QED) is 0.835. The lowest BCUT2D eigenvalue weighted by atomic mass is 10.0. The Morgan fingerprint density at radius 2 is 1.87 bits per heavy atom. The maximum absolute atomic E-state index is 13.4. The molecule has 1 aliphatic rings. The van der Waals surface area contributed by atoms with Gasteiger partial charge < -0.3 is 5.73 Å². The van der Waals surface area contributed by atoms with E-state index in [9.17, 15) is 8.78 Å². The molecule has 0 radical (unpaired) electrons. The van der Waals surface area contributed by atoms with Crippen molar-refractivity contribution in [1.29, 1.82) is 0 Å². The molecule has 1 fully saturated rings. The Morgan fingerprint density at radius 1 is 1.27 bits per heavy atom. The SMILES string of the molecule is Cc1cc(F)c([C@H](N)C2CC2)cc1F.Cl.